The van der Waals surface area contributed by atoms with Crippen LogP contribution in [0.2, 0.25) is 5.02 Å². The predicted molar refractivity (Wildman–Crippen MR) is 121 cm³/mol. The third-order valence-electron chi connectivity index (χ3n) is 4.97. The lowest BCUT2D eigenvalue weighted by molar-refractivity contribution is -0.136. The number of hydrogen-bond donors (Lipinski definition) is 2. The van der Waals surface area contributed by atoms with Gasteiger partial charge in [0.15, 0.2) is 5.96 Å². The first kappa shape index (κ1) is 22.1. The topological polar surface area (TPSA) is 66.0 Å². The monoisotopic (exact) mass is 428 g/mol. The number of aliphatic imine (C=N–C) groups is 1. The molecule has 2 aromatic rings. The fourth-order valence-electron chi connectivity index (χ4n) is 3.34. The van der Waals surface area contributed by atoms with E-state index in [1.807, 2.05) is 66.4 Å². The quantitative estimate of drug-likeness (QED) is 0.525. The largest absolute Gasteiger partial charge is 0.378 e. The number of morpholine rings is 1. The van der Waals surface area contributed by atoms with E-state index in [0.29, 0.717) is 50.4 Å². The second kappa shape index (κ2) is 11.6. The highest BCUT2D eigenvalue weighted by Crippen LogP contribution is 2.19. The number of ether oxygens (including phenoxy) is 1. The number of benzene rings is 2. The molecule has 1 heterocycles. The van der Waals surface area contributed by atoms with Gasteiger partial charge in [0, 0.05) is 31.2 Å². The van der Waals surface area contributed by atoms with Gasteiger partial charge in [0.2, 0.25) is 5.91 Å². The van der Waals surface area contributed by atoms with Crippen molar-refractivity contribution in [3.8, 4) is 0 Å². The summed E-state index contributed by atoms with van der Waals surface area (Å²) >= 11 is 5.96. The molecule has 2 N–H and O–H groups in total. The number of nitrogens with one attached hydrogen (secondary N) is 2. The van der Waals surface area contributed by atoms with Crippen LogP contribution < -0.4 is 10.6 Å². The Morgan fingerprint density at radius 1 is 1.10 bits per heavy atom. The second-order valence-electron chi connectivity index (χ2n) is 7.10. The van der Waals surface area contributed by atoms with Gasteiger partial charge in [0.1, 0.15) is 0 Å². The molecule has 0 bridgehead atoms. The molecule has 0 aliphatic carbocycles. The Balaban J connectivity index is 1.70. The molecule has 0 aromatic heterocycles. The molecule has 1 fully saturated rings. The molecule has 6 nitrogen and oxygen atoms in total. The molecular formula is C23H29ClN4O2. The molecule has 3 rings (SSSR count). The Morgan fingerprint density at radius 3 is 2.47 bits per heavy atom. The van der Waals surface area contributed by atoms with Crippen LogP contribution in [0.25, 0.3) is 0 Å². The first-order valence-corrected chi connectivity index (χ1v) is 10.7. The first-order chi connectivity index (χ1) is 14.7. The van der Waals surface area contributed by atoms with Gasteiger partial charge in [-0.25, -0.2) is 4.99 Å². The smallest absolute Gasteiger partial charge is 0.232 e. The molecule has 160 valence electrons. The molecular weight excluding hydrogens is 400 g/mol. The van der Waals surface area contributed by atoms with Crippen LogP contribution in [0, 0.1) is 0 Å². The summed E-state index contributed by atoms with van der Waals surface area (Å²) in [4.78, 5) is 19.8. The van der Waals surface area contributed by atoms with Gasteiger partial charge in [0.05, 0.1) is 25.7 Å². The highest BCUT2D eigenvalue weighted by atomic mass is 35.5. The van der Waals surface area contributed by atoms with E-state index in [-0.39, 0.29) is 11.8 Å². The van der Waals surface area contributed by atoms with Crippen LogP contribution in [0.4, 0.5) is 0 Å². The van der Waals surface area contributed by atoms with Gasteiger partial charge in [-0.05, 0) is 30.2 Å². The van der Waals surface area contributed by atoms with Gasteiger partial charge in [-0.3, -0.25) is 4.79 Å². The third kappa shape index (κ3) is 6.47. The fraction of sp³-hybridized carbons (Fsp3) is 0.391. The van der Waals surface area contributed by atoms with Crippen LogP contribution in [0.3, 0.4) is 0 Å². The standard InChI is InChI=1S/C23H29ClN4O2/c1-2-25-23(26-16-18-8-10-20(24)11-9-18)27-17-21(19-6-4-3-5-7-19)22(29)28-12-14-30-15-13-28/h3-11,21H,2,12-17H2,1H3,(H2,25,26,27). The van der Waals surface area contributed by atoms with E-state index in [1.54, 1.807) is 0 Å². The van der Waals surface area contributed by atoms with Crippen molar-refractivity contribution in [1.82, 2.24) is 15.5 Å². The van der Waals surface area contributed by atoms with Crippen LogP contribution in [0.1, 0.15) is 24.0 Å². The third-order valence-corrected chi connectivity index (χ3v) is 5.23. The van der Waals surface area contributed by atoms with Gasteiger partial charge in [-0.15, -0.1) is 0 Å². The number of nitrogens with zero attached hydrogens (tertiary/aromatic N) is 2. The lowest BCUT2D eigenvalue weighted by Gasteiger charge is -2.31. The summed E-state index contributed by atoms with van der Waals surface area (Å²) in [6, 6.07) is 17.5. The molecule has 1 atom stereocenters. The number of carbonyl (C=O) groups excluding carboxylic acids is 1. The van der Waals surface area contributed by atoms with Crippen LogP contribution in [0.15, 0.2) is 59.6 Å². The molecule has 30 heavy (non-hydrogen) atoms. The average Bonchev–Trinajstić information content (AvgIpc) is 2.79. The Bertz CT molecular complexity index is 821. The van der Waals surface area contributed by atoms with Gasteiger partial charge < -0.3 is 20.3 Å². The molecule has 1 saturated heterocycles. The van der Waals surface area contributed by atoms with E-state index in [0.717, 1.165) is 17.7 Å². The number of guanidine groups is 1. The minimum atomic E-state index is -0.288. The Kier molecular flexibility index (Phi) is 8.53. The van der Waals surface area contributed by atoms with Gasteiger partial charge in [-0.1, -0.05) is 54.1 Å². The molecule has 1 aliphatic heterocycles. The number of amides is 1. The van der Waals surface area contributed by atoms with Crippen molar-refractivity contribution >= 4 is 23.5 Å². The molecule has 0 spiro atoms. The number of carbonyl (C=O) groups is 1. The summed E-state index contributed by atoms with van der Waals surface area (Å²) in [5, 5.41) is 7.32. The second-order valence-corrected chi connectivity index (χ2v) is 7.54. The van der Waals surface area contributed by atoms with Crippen LogP contribution in [-0.2, 0) is 16.1 Å². The Hall–Kier alpha value is -2.57. The number of halogens is 1. The highest BCUT2D eigenvalue weighted by molar-refractivity contribution is 6.30. The normalized spacial score (nSPS) is 15.5. The van der Waals surface area contributed by atoms with Crippen molar-refractivity contribution in [3.63, 3.8) is 0 Å². The van der Waals surface area contributed by atoms with E-state index in [1.165, 1.54) is 0 Å². The maximum absolute atomic E-state index is 13.2. The first-order valence-electron chi connectivity index (χ1n) is 10.4. The van der Waals surface area contributed by atoms with Crippen LogP contribution in [0.5, 0.6) is 0 Å². The number of rotatable bonds is 7. The molecule has 1 aliphatic rings. The SMILES string of the molecule is CCNC(=NCc1ccc(Cl)cc1)NCC(C(=O)N1CCOCC1)c1ccccc1. The summed E-state index contributed by atoms with van der Waals surface area (Å²) in [5.41, 5.74) is 2.07. The minimum absolute atomic E-state index is 0.116. The zero-order valence-electron chi connectivity index (χ0n) is 17.3. The summed E-state index contributed by atoms with van der Waals surface area (Å²) < 4.78 is 5.40. The van der Waals surface area contributed by atoms with Crippen molar-refractivity contribution in [1.29, 1.82) is 0 Å². The minimum Gasteiger partial charge on any atom is -0.378 e. The molecule has 2 aromatic carbocycles. The molecule has 7 heteroatoms. The van der Waals surface area contributed by atoms with Crippen LogP contribution in [-0.4, -0.2) is 56.2 Å². The Morgan fingerprint density at radius 2 is 1.80 bits per heavy atom. The van der Waals surface area contributed by atoms with Crippen molar-refractivity contribution in [2.75, 3.05) is 39.4 Å². The predicted octanol–water partition coefficient (Wildman–Crippen LogP) is 3.04. The van der Waals surface area contributed by atoms with Crippen molar-refractivity contribution in [3.05, 3.63) is 70.7 Å². The van der Waals surface area contributed by atoms with Crippen LogP contribution >= 0.6 is 11.6 Å². The summed E-state index contributed by atoms with van der Waals surface area (Å²) in [7, 11) is 0. The zero-order chi connectivity index (χ0) is 21.2. The zero-order valence-corrected chi connectivity index (χ0v) is 18.1. The Labute approximate surface area is 183 Å². The molecule has 0 radical (unpaired) electrons. The van der Waals surface area contributed by atoms with E-state index in [2.05, 4.69) is 15.6 Å². The fourth-order valence-corrected chi connectivity index (χ4v) is 3.46. The molecule has 0 saturated carbocycles. The van der Waals surface area contributed by atoms with Gasteiger partial charge in [-0.2, -0.15) is 0 Å². The average molecular weight is 429 g/mol. The van der Waals surface area contributed by atoms with E-state index in [9.17, 15) is 4.79 Å². The highest BCUT2D eigenvalue weighted by Gasteiger charge is 2.27. The summed E-state index contributed by atoms with van der Waals surface area (Å²) in [6.45, 7) is 6.19. The summed E-state index contributed by atoms with van der Waals surface area (Å²) in [5.74, 6) is 0.511. The van der Waals surface area contributed by atoms with Crippen molar-refractivity contribution in [2.45, 2.75) is 19.4 Å². The van der Waals surface area contributed by atoms with Gasteiger partial charge in [0.25, 0.3) is 0 Å². The van der Waals surface area contributed by atoms with Crippen molar-refractivity contribution in [2.24, 2.45) is 4.99 Å². The van der Waals surface area contributed by atoms with Gasteiger partial charge >= 0.3 is 0 Å². The lowest BCUT2D eigenvalue weighted by Crippen LogP contribution is -2.47. The van der Waals surface area contributed by atoms with E-state index >= 15 is 0 Å². The summed E-state index contributed by atoms with van der Waals surface area (Å²) in [6.07, 6.45) is 0. The van der Waals surface area contributed by atoms with E-state index in [4.69, 9.17) is 16.3 Å². The van der Waals surface area contributed by atoms with Crippen molar-refractivity contribution < 1.29 is 9.53 Å². The van der Waals surface area contributed by atoms with E-state index < -0.39 is 0 Å². The molecule has 1 unspecified atom stereocenters. The molecule has 1 amide bonds. The lowest BCUT2D eigenvalue weighted by atomic mass is 9.97. The maximum atomic E-state index is 13.2. The number of hydrogen-bond acceptors (Lipinski definition) is 3. The maximum Gasteiger partial charge on any atom is 0.232 e.